The zero-order valence-electron chi connectivity index (χ0n) is 29.4. The lowest BCUT2D eigenvalue weighted by Gasteiger charge is -2.32. The molecule has 2 saturated heterocycles. The third kappa shape index (κ3) is 9.97. The van der Waals surface area contributed by atoms with E-state index in [1.54, 1.807) is 0 Å². The summed E-state index contributed by atoms with van der Waals surface area (Å²) in [6.07, 6.45) is 8.90. The molecule has 1 atom stereocenters. The fraction of sp³-hybridized carbons (Fsp3) is 0.543. The number of hydrazine groups is 2. The van der Waals surface area contributed by atoms with E-state index in [2.05, 4.69) is 36.2 Å². The minimum absolute atomic E-state index is 0.0516. The molecule has 0 radical (unpaired) electrons. The van der Waals surface area contributed by atoms with Crippen LogP contribution in [-0.4, -0.2) is 70.0 Å². The molecule has 4 heterocycles. The van der Waals surface area contributed by atoms with Crippen LogP contribution >= 0.6 is 0 Å². The first-order chi connectivity index (χ1) is 24.8. The van der Waals surface area contributed by atoms with E-state index in [4.69, 9.17) is 10.7 Å². The molecule has 6 rings (SSSR count). The van der Waals surface area contributed by atoms with E-state index in [0.717, 1.165) is 70.3 Å². The van der Waals surface area contributed by atoms with Gasteiger partial charge in [0.1, 0.15) is 18.3 Å². The Kier molecular flexibility index (Phi) is 13.6. The second kappa shape index (κ2) is 18.5. The van der Waals surface area contributed by atoms with Crippen LogP contribution in [0.25, 0.3) is 0 Å². The van der Waals surface area contributed by atoms with E-state index < -0.39 is 17.6 Å². The van der Waals surface area contributed by atoms with Crippen molar-refractivity contribution < 1.29 is 23.2 Å². The van der Waals surface area contributed by atoms with Crippen LogP contribution < -0.4 is 31.9 Å². The van der Waals surface area contributed by atoms with Crippen LogP contribution in [0.2, 0.25) is 0 Å². The predicted molar refractivity (Wildman–Crippen MR) is 190 cm³/mol. The van der Waals surface area contributed by atoms with Gasteiger partial charge in [-0.3, -0.25) is 25.3 Å². The van der Waals surface area contributed by atoms with Gasteiger partial charge in [-0.05, 0) is 30.7 Å². The second-order valence-electron chi connectivity index (χ2n) is 12.9. The zero-order chi connectivity index (χ0) is 36.2. The molecule has 276 valence electrons. The van der Waals surface area contributed by atoms with E-state index in [1.165, 1.54) is 5.06 Å². The lowest BCUT2D eigenvalue weighted by Crippen LogP contribution is -2.42. The van der Waals surface area contributed by atoms with Crippen molar-refractivity contribution >= 4 is 35.6 Å². The standard InChI is InChI=1S/C26H35FN6O3.C9H14FN5/c1-2-22-28-24(23(27)25(29-22)32-13-8-14-32)30-31-26(35)21(15-19-9-6-7-10-19)16-33(18-34)36-17-20-11-4-3-5-12-20;1-2-6-12-8(14-11)7(10)9(13-6)15-4-3-5-15/h3-5,11-12,18-19,21H,2,6-10,13-17H2,1H3,(H,31,35)(H,28,29,30);2-5,11H2,1H3,(H,12,13,14)/t21-;/m1./s1. The zero-order valence-corrected chi connectivity index (χ0v) is 29.4. The van der Waals surface area contributed by atoms with Crippen LogP contribution in [-0.2, 0) is 33.9 Å². The molecule has 0 spiro atoms. The lowest BCUT2D eigenvalue weighted by atomic mass is 9.92. The van der Waals surface area contributed by atoms with E-state index >= 15 is 4.39 Å². The fourth-order valence-corrected chi connectivity index (χ4v) is 6.14. The number of benzene rings is 1. The summed E-state index contributed by atoms with van der Waals surface area (Å²) in [5.74, 6) is 5.45. The largest absolute Gasteiger partial charge is 0.354 e. The van der Waals surface area contributed by atoms with Crippen LogP contribution in [0.1, 0.15) is 76.0 Å². The van der Waals surface area contributed by atoms with Gasteiger partial charge >= 0.3 is 0 Å². The number of carbonyl (C=O) groups is 2. The second-order valence-corrected chi connectivity index (χ2v) is 12.9. The van der Waals surface area contributed by atoms with Crippen molar-refractivity contribution in [3.05, 3.63) is 59.2 Å². The normalized spacial score (nSPS) is 15.9. The number of amides is 2. The van der Waals surface area contributed by atoms with E-state index in [-0.39, 0.29) is 36.5 Å². The van der Waals surface area contributed by atoms with E-state index in [9.17, 15) is 14.0 Å². The summed E-state index contributed by atoms with van der Waals surface area (Å²) in [4.78, 5) is 51.1. The van der Waals surface area contributed by atoms with Crippen molar-refractivity contribution in [3.8, 4) is 0 Å². The van der Waals surface area contributed by atoms with Gasteiger partial charge in [-0.15, -0.1) is 0 Å². The number of carbonyl (C=O) groups excluding carboxylic acids is 2. The molecule has 3 aliphatic rings. The van der Waals surface area contributed by atoms with Crippen LogP contribution in [0, 0.1) is 23.5 Å². The van der Waals surface area contributed by atoms with Gasteiger partial charge in [-0.1, -0.05) is 69.9 Å². The SMILES string of the molecule is CCc1nc(NN)c(F)c(N2CCC2)n1.CCc1nc(NNC(=O)[C@H](CC2CCCC2)CN(C=O)OCc2ccccc2)c(F)c(N2CCC2)n1. The van der Waals surface area contributed by atoms with Crippen molar-refractivity contribution in [2.45, 2.75) is 78.2 Å². The first-order valence-corrected chi connectivity index (χ1v) is 17.9. The molecule has 5 N–H and O–H groups in total. The number of rotatable bonds is 16. The number of nitrogens with one attached hydrogen (secondary N) is 3. The summed E-state index contributed by atoms with van der Waals surface area (Å²) in [7, 11) is 0. The van der Waals surface area contributed by atoms with Gasteiger partial charge in [-0.25, -0.2) is 30.8 Å². The molecule has 1 saturated carbocycles. The number of aromatic nitrogens is 4. The Hall–Kier alpha value is -4.70. The van der Waals surface area contributed by atoms with Gasteiger partial charge in [-0.2, -0.15) is 8.78 Å². The highest BCUT2D eigenvalue weighted by atomic mass is 19.1. The highest BCUT2D eigenvalue weighted by molar-refractivity contribution is 5.80. The Morgan fingerprint density at radius 2 is 1.49 bits per heavy atom. The number of nitrogens with two attached hydrogens (primary N) is 1. The van der Waals surface area contributed by atoms with Gasteiger partial charge < -0.3 is 15.2 Å². The molecule has 14 nitrogen and oxygen atoms in total. The number of hydrogen-bond donors (Lipinski definition) is 4. The molecule has 51 heavy (non-hydrogen) atoms. The summed E-state index contributed by atoms with van der Waals surface area (Å²) in [6, 6.07) is 9.52. The number of hydroxylamine groups is 2. The maximum Gasteiger partial charge on any atom is 0.243 e. The Morgan fingerprint density at radius 3 is 2.00 bits per heavy atom. The monoisotopic (exact) mass is 709 g/mol. The summed E-state index contributed by atoms with van der Waals surface area (Å²) in [5, 5.41) is 1.18. The highest BCUT2D eigenvalue weighted by Gasteiger charge is 2.29. The molecular formula is C35H49F2N11O3. The first-order valence-electron chi connectivity index (χ1n) is 17.9. The molecule has 2 amide bonds. The molecule has 16 heteroatoms. The molecule has 2 aromatic heterocycles. The van der Waals surface area contributed by atoms with Crippen LogP contribution in [0.5, 0.6) is 0 Å². The molecule has 3 fully saturated rings. The number of anilines is 4. The molecule has 0 bridgehead atoms. The molecule has 1 aromatic carbocycles. The van der Waals surface area contributed by atoms with Crippen LogP contribution in [0.3, 0.4) is 0 Å². The highest BCUT2D eigenvalue weighted by Crippen LogP contribution is 2.31. The van der Waals surface area contributed by atoms with Gasteiger partial charge in [0.25, 0.3) is 0 Å². The van der Waals surface area contributed by atoms with Crippen LogP contribution in [0.15, 0.2) is 30.3 Å². The molecule has 1 aliphatic carbocycles. The van der Waals surface area contributed by atoms with E-state index in [1.807, 2.05) is 54.0 Å². The number of nitrogens with zero attached hydrogens (tertiary/aromatic N) is 7. The fourth-order valence-electron chi connectivity index (χ4n) is 6.14. The van der Waals surface area contributed by atoms with Crippen molar-refractivity contribution in [3.63, 3.8) is 0 Å². The first kappa shape index (κ1) is 37.6. The van der Waals surface area contributed by atoms with Gasteiger partial charge in [0.15, 0.2) is 23.3 Å². The van der Waals surface area contributed by atoms with Crippen molar-refractivity contribution in [1.82, 2.24) is 30.4 Å². The van der Waals surface area contributed by atoms with Crippen molar-refractivity contribution in [1.29, 1.82) is 0 Å². The molecular weight excluding hydrogens is 660 g/mol. The van der Waals surface area contributed by atoms with Gasteiger partial charge in [0.2, 0.25) is 24.0 Å². The summed E-state index contributed by atoms with van der Waals surface area (Å²) < 4.78 is 28.9. The van der Waals surface area contributed by atoms with Gasteiger partial charge in [0.05, 0.1) is 12.5 Å². The van der Waals surface area contributed by atoms with Crippen molar-refractivity contribution in [2.75, 3.05) is 53.4 Å². The summed E-state index contributed by atoms with van der Waals surface area (Å²) in [6.45, 7) is 7.34. The minimum atomic E-state index is -0.583. The topological polar surface area (TPSA) is 167 Å². The lowest BCUT2D eigenvalue weighted by molar-refractivity contribution is -0.182. The maximum absolute atomic E-state index is 15.1. The van der Waals surface area contributed by atoms with E-state index in [0.29, 0.717) is 49.1 Å². The Bertz CT molecular complexity index is 1590. The quantitative estimate of drug-likeness (QED) is 0.0948. The predicted octanol–water partition coefficient (Wildman–Crippen LogP) is 4.29. The number of hydrogen-bond acceptors (Lipinski definition) is 12. The smallest absolute Gasteiger partial charge is 0.243 e. The summed E-state index contributed by atoms with van der Waals surface area (Å²) >= 11 is 0. The summed E-state index contributed by atoms with van der Waals surface area (Å²) in [5.41, 5.74) is 8.50. The molecule has 3 aromatic rings. The average molecular weight is 710 g/mol. The van der Waals surface area contributed by atoms with Crippen LogP contribution in [0.4, 0.5) is 32.1 Å². The Labute approximate surface area is 297 Å². The Morgan fingerprint density at radius 1 is 0.922 bits per heavy atom. The number of halogens is 2. The third-order valence-corrected chi connectivity index (χ3v) is 9.37. The minimum Gasteiger partial charge on any atom is -0.354 e. The molecule has 2 aliphatic heterocycles. The Balaban J connectivity index is 0.000000279. The third-order valence-electron chi connectivity index (χ3n) is 9.37. The molecule has 0 unspecified atom stereocenters. The van der Waals surface area contributed by atoms with Crippen molar-refractivity contribution in [2.24, 2.45) is 17.7 Å². The van der Waals surface area contributed by atoms with Gasteiger partial charge in [0, 0.05) is 39.0 Å². The maximum atomic E-state index is 15.1. The number of nitrogen functional groups attached to an aromatic ring is 1. The average Bonchev–Trinajstić information content (AvgIpc) is 3.63. The number of aryl methyl sites for hydroxylation is 2.